The summed E-state index contributed by atoms with van der Waals surface area (Å²) in [5.74, 6) is 1.75. The van der Waals surface area contributed by atoms with Gasteiger partial charge >= 0.3 is 0 Å². The van der Waals surface area contributed by atoms with Crippen LogP contribution < -0.4 is 4.90 Å². The van der Waals surface area contributed by atoms with Gasteiger partial charge in [0.15, 0.2) is 0 Å². The third-order valence-corrected chi connectivity index (χ3v) is 5.08. The first-order valence-electron chi connectivity index (χ1n) is 8.77. The maximum Gasteiger partial charge on any atom is 0.289 e. The fourth-order valence-electron chi connectivity index (χ4n) is 3.45. The molecule has 1 atom stereocenters. The number of anilines is 1. The third kappa shape index (κ3) is 3.64. The van der Waals surface area contributed by atoms with E-state index in [9.17, 15) is 10.1 Å². The zero-order valence-corrected chi connectivity index (χ0v) is 15.3. The van der Waals surface area contributed by atoms with Gasteiger partial charge in [-0.3, -0.25) is 10.1 Å². The molecule has 1 aliphatic heterocycles. The number of benzene rings is 1. The number of nitrogens with zero attached hydrogens (tertiary/aromatic N) is 4. The number of halogens is 1. The molecule has 1 N–H and O–H groups in total. The molecule has 2 aromatic heterocycles. The molecular formula is C19H18ClN5O2. The van der Waals surface area contributed by atoms with Crippen molar-refractivity contribution in [1.82, 2.24) is 15.0 Å². The second-order valence-electron chi connectivity index (χ2n) is 6.59. The number of hydrogen-bond donors (Lipinski definition) is 1. The van der Waals surface area contributed by atoms with Gasteiger partial charge in [-0.25, -0.2) is 9.97 Å². The van der Waals surface area contributed by atoms with E-state index >= 15 is 0 Å². The highest BCUT2D eigenvalue weighted by atomic mass is 35.5. The predicted molar refractivity (Wildman–Crippen MR) is 104 cm³/mol. The first-order valence-corrected chi connectivity index (χ1v) is 9.15. The molecule has 3 heterocycles. The molecule has 3 aromatic rings. The van der Waals surface area contributed by atoms with Crippen LogP contribution in [0.5, 0.6) is 0 Å². The number of hydrogen-bond acceptors (Lipinski definition) is 5. The van der Waals surface area contributed by atoms with Gasteiger partial charge in [0.2, 0.25) is 0 Å². The van der Waals surface area contributed by atoms with Crippen LogP contribution in [0.15, 0.2) is 48.8 Å². The van der Waals surface area contributed by atoms with E-state index in [1.807, 2.05) is 36.5 Å². The monoisotopic (exact) mass is 383 g/mol. The molecular weight excluding hydrogens is 366 g/mol. The Bertz CT molecular complexity index is 960. The van der Waals surface area contributed by atoms with Crippen molar-refractivity contribution in [2.45, 2.75) is 18.8 Å². The minimum Gasteiger partial charge on any atom is -0.355 e. The van der Waals surface area contributed by atoms with E-state index < -0.39 is 4.92 Å². The quantitative estimate of drug-likeness (QED) is 0.532. The Hall–Kier alpha value is -2.93. The SMILES string of the molecule is O=[N+]([O-])c1cnc(N2CCCC(c3ncc(-c4ccccc4)[nH]3)C2)c(Cl)c1. The predicted octanol–water partition coefficient (Wildman–Crippen LogP) is 4.42. The first-order chi connectivity index (χ1) is 13.1. The lowest BCUT2D eigenvalue weighted by atomic mass is 9.97. The van der Waals surface area contributed by atoms with Crippen LogP contribution in [0.3, 0.4) is 0 Å². The van der Waals surface area contributed by atoms with E-state index in [-0.39, 0.29) is 11.6 Å². The molecule has 0 spiro atoms. The molecule has 1 unspecified atom stereocenters. The van der Waals surface area contributed by atoms with Crippen LogP contribution in [-0.2, 0) is 0 Å². The number of aromatic nitrogens is 3. The first kappa shape index (κ1) is 17.5. The van der Waals surface area contributed by atoms with Gasteiger partial charge in [0.1, 0.15) is 17.8 Å². The van der Waals surface area contributed by atoms with Gasteiger partial charge in [0.05, 0.1) is 21.8 Å². The molecule has 8 heteroatoms. The second kappa shape index (κ2) is 7.36. The van der Waals surface area contributed by atoms with E-state index in [1.165, 1.54) is 12.3 Å². The zero-order chi connectivity index (χ0) is 18.8. The Morgan fingerprint density at radius 1 is 1.22 bits per heavy atom. The number of imidazole rings is 1. The van der Waals surface area contributed by atoms with Crippen LogP contribution in [0.2, 0.25) is 5.02 Å². The van der Waals surface area contributed by atoms with Gasteiger partial charge in [-0.2, -0.15) is 0 Å². The summed E-state index contributed by atoms with van der Waals surface area (Å²) in [6.45, 7) is 1.53. The number of aromatic amines is 1. The summed E-state index contributed by atoms with van der Waals surface area (Å²) in [5, 5.41) is 11.2. The summed E-state index contributed by atoms with van der Waals surface area (Å²) in [5.41, 5.74) is 1.99. The van der Waals surface area contributed by atoms with Gasteiger partial charge in [0, 0.05) is 25.1 Å². The highest BCUT2D eigenvalue weighted by Gasteiger charge is 2.26. The molecule has 7 nitrogen and oxygen atoms in total. The number of pyridine rings is 1. The lowest BCUT2D eigenvalue weighted by Gasteiger charge is -2.33. The summed E-state index contributed by atoms with van der Waals surface area (Å²) < 4.78 is 0. The molecule has 27 heavy (non-hydrogen) atoms. The Morgan fingerprint density at radius 3 is 2.78 bits per heavy atom. The maximum atomic E-state index is 10.9. The summed E-state index contributed by atoms with van der Waals surface area (Å²) in [7, 11) is 0. The molecule has 0 amide bonds. The smallest absolute Gasteiger partial charge is 0.289 e. The second-order valence-corrected chi connectivity index (χ2v) is 7.00. The van der Waals surface area contributed by atoms with E-state index in [1.54, 1.807) is 0 Å². The Kier molecular flexibility index (Phi) is 4.77. The summed E-state index contributed by atoms with van der Waals surface area (Å²) in [6, 6.07) is 11.4. The van der Waals surface area contributed by atoms with Gasteiger partial charge in [0.25, 0.3) is 5.69 Å². The van der Waals surface area contributed by atoms with E-state index in [2.05, 4.69) is 19.9 Å². The van der Waals surface area contributed by atoms with Crippen LogP contribution in [0, 0.1) is 10.1 Å². The number of nitro groups is 1. The van der Waals surface area contributed by atoms with Gasteiger partial charge < -0.3 is 9.88 Å². The normalized spacial score (nSPS) is 17.1. The topological polar surface area (TPSA) is 87.9 Å². The number of piperidine rings is 1. The fraction of sp³-hybridized carbons (Fsp3) is 0.263. The average molecular weight is 384 g/mol. The van der Waals surface area contributed by atoms with Gasteiger partial charge in [-0.15, -0.1) is 0 Å². The molecule has 0 bridgehead atoms. The number of H-pyrrole nitrogens is 1. The molecule has 4 rings (SSSR count). The molecule has 1 aromatic carbocycles. The molecule has 0 saturated carbocycles. The zero-order valence-electron chi connectivity index (χ0n) is 14.5. The standard InChI is InChI=1S/C19H18ClN5O2/c20-16-9-15(25(26)27)10-22-19(16)24-8-4-7-14(12-24)18-21-11-17(23-18)13-5-2-1-3-6-13/h1-3,5-6,9-11,14H,4,7-8,12H2,(H,21,23). The average Bonchev–Trinajstić information content (AvgIpc) is 3.19. The molecule has 0 aliphatic carbocycles. The molecule has 138 valence electrons. The van der Waals surface area contributed by atoms with Crippen LogP contribution in [0.4, 0.5) is 11.5 Å². The Morgan fingerprint density at radius 2 is 2.04 bits per heavy atom. The Balaban J connectivity index is 1.54. The van der Waals surface area contributed by atoms with Crippen LogP contribution in [0.25, 0.3) is 11.3 Å². The summed E-state index contributed by atoms with van der Waals surface area (Å²) >= 11 is 6.25. The molecule has 1 aliphatic rings. The van der Waals surface area contributed by atoms with Crippen molar-refractivity contribution in [2.75, 3.05) is 18.0 Å². The number of rotatable bonds is 4. The third-order valence-electron chi connectivity index (χ3n) is 4.81. The minimum absolute atomic E-state index is 0.101. The van der Waals surface area contributed by atoms with E-state index in [0.29, 0.717) is 17.4 Å². The van der Waals surface area contributed by atoms with Crippen LogP contribution >= 0.6 is 11.6 Å². The van der Waals surface area contributed by atoms with Crippen molar-refractivity contribution in [2.24, 2.45) is 0 Å². The number of nitrogens with one attached hydrogen (secondary N) is 1. The van der Waals surface area contributed by atoms with Crippen molar-refractivity contribution >= 4 is 23.1 Å². The highest BCUT2D eigenvalue weighted by molar-refractivity contribution is 6.33. The lowest BCUT2D eigenvalue weighted by Crippen LogP contribution is -2.35. The van der Waals surface area contributed by atoms with Gasteiger partial charge in [-0.1, -0.05) is 41.9 Å². The van der Waals surface area contributed by atoms with Crippen molar-refractivity contribution < 1.29 is 4.92 Å². The summed E-state index contributed by atoms with van der Waals surface area (Å²) in [4.78, 5) is 24.7. The highest BCUT2D eigenvalue weighted by Crippen LogP contribution is 2.33. The van der Waals surface area contributed by atoms with E-state index in [4.69, 9.17) is 11.6 Å². The Labute approximate surface area is 161 Å². The largest absolute Gasteiger partial charge is 0.355 e. The molecule has 1 fully saturated rings. The van der Waals surface area contributed by atoms with Crippen molar-refractivity contribution in [1.29, 1.82) is 0 Å². The van der Waals surface area contributed by atoms with Gasteiger partial charge in [-0.05, 0) is 18.4 Å². The van der Waals surface area contributed by atoms with Crippen molar-refractivity contribution in [3.8, 4) is 11.3 Å². The van der Waals surface area contributed by atoms with E-state index in [0.717, 1.165) is 36.5 Å². The molecule has 1 saturated heterocycles. The minimum atomic E-state index is -0.490. The van der Waals surface area contributed by atoms with Crippen LogP contribution in [0.1, 0.15) is 24.6 Å². The summed E-state index contributed by atoms with van der Waals surface area (Å²) in [6.07, 6.45) is 5.11. The van der Waals surface area contributed by atoms with Crippen molar-refractivity contribution in [3.63, 3.8) is 0 Å². The lowest BCUT2D eigenvalue weighted by molar-refractivity contribution is -0.385. The fourth-order valence-corrected chi connectivity index (χ4v) is 3.73. The molecule has 0 radical (unpaired) electrons. The van der Waals surface area contributed by atoms with Crippen LogP contribution in [-0.4, -0.2) is 33.0 Å². The maximum absolute atomic E-state index is 10.9. The van der Waals surface area contributed by atoms with Crippen molar-refractivity contribution in [3.05, 3.63) is 69.8 Å².